The molecule has 0 saturated heterocycles. The number of carbonyl (C=O) groups is 1. The van der Waals surface area contributed by atoms with Gasteiger partial charge >= 0.3 is 0 Å². The third-order valence-corrected chi connectivity index (χ3v) is 2.70. The van der Waals surface area contributed by atoms with Crippen LogP contribution in [0.3, 0.4) is 0 Å². The normalized spacial score (nSPS) is 10.1. The molecular weight excluding hydrogens is 257 g/mol. The van der Waals surface area contributed by atoms with Crippen LogP contribution < -0.4 is 10.6 Å². The van der Waals surface area contributed by atoms with Gasteiger partial charge in [0.05, 0.1) is 5.69 Å². The highest BCUT2D eigenvalue weighted by molar-refractivity contribution is 6.04. The summed E-state index contributed by atoms with van der Waals surface area (Å²) in [4.78, 5) is 16.2. The molecule has 20 heavy (non-hydrogen) atoms. The minimum absolute atomic E-state index is 0.164. The standard InChI is InChI=1S/C15H16FN3O/c1-2-8-17-14-10-11(7-9-18-14)15(20)19-13-6-4-3-5-12(13)16/h3-7,9-10H,2,8H2,1H3,(H,17,18)(H,19,20). The van der Waals surface area contributed by atoms with Crippen LogP contribution in [0, 0.1) is 5.82 Å². The van der Waals surface area contributed by atoms with Crippen LogP contribution >= 0.6 is 0 Å². The molecule has 1 heterocycles. The molecule has 1 amide bonds. The van der Waals surface area contributed by atoms with Crippen molar-refractivity contribution >= 4 is 17.4 Å². The van der Waals surface area contributed by atoms with Gasteiger partial charge < -0.3 is 10.6 Å². The number of pyridine rings is 1. The molecule has 2 N–H and O–H groups in total. The van der Waals surface area contributed by atoms with Gasteiger partial charge in [0.1, 0.15) is 11.6 Å². The lowest BCUT2D eigenvalue weighted by Gasteiger charge is -2.08. The maximum absolute atomic E-state index is 13.5. The number of benzene rings is 1. The Balaban J connectivity index is 2.11. The second kappa shape index (κ2) is 6.65. The summed E-state index contributed by atoms with van der Waals surface area (Å²) in [6.45, 7) is 2.83. The van der Waals surface area contributed by atoms with Gasteiger partial charge in [0, 0.05) is 18.3 Å². The summed E-state index contributed by atoms with van der Waals surface area (Å²) >= 11 is 0. The Morgan fingerprint density at radius 2 is 2.10 bits per heavy atom. The lowest BCUT2D eigenvalue weighted by atomic mass is 10.2. The summed E-state index contributed by atoms with van der Waals surface area (Å²) in [5.41, 5.74) is 0.597. The Labute approximate surface area is 117 Å². The fourth-order valence-corrected chi connectivity index (χ4v) is 1.68. The Hall–Kier alpha value is -2.43. The third kappa shape index (κ3) is 3.54. The van der Waals surface area contributed by atoms with Crippen molar-refractivity contribution in [2.75, 3.05) is 17.2 Å². The number of rotatable bonds is 5. The van der Waals surface area contributed by atoms with E-state index in [1.165, 1.54) is 12.1 Å². The highest BCUT2D eigenvalue weighted by Gasteiger charge is 2.09. The van der Waals surface area contributed by atoms with E-state index in [4.69, 9.17) is 0 Å². The Bertz CT molecular complexity index is 601. The number of carbonyl (C=O) groups excluding carboxylic acids is 1. The minimum Gasteiger partial charge on any atom is -0.370 e. The first-order chi connectivity index (χ1) is 9.70. The van der Waals surface area contributed by atoms with Gasteiger partial charge in [-0.1, -0.05) is 19.1 Å². The van der Waals surface area contributed by atoms with E-state index in [0.717, 1.165) is 13.0 Å². The number of amides is 1. The molecule has 0 aliphatic carbocycles. The molecule has 2 rings (SSSR count). The molecule has 4 nitrogen and oxygen atoms in total. The first kappa shape index (κ1) is 14.0. The predicted molar refractivity (Wildman–Crippen MR) is 77.4 cm³/mol. The first-order valence-electron chi connectivity index (χ1n) is 6.46. The van der Waals surface area contributed by atoms with Crippen molar-refractivity contribution in [1.29, 1.82) is 0 Å². The molecule has 104 valence electrons. The number of anilines is 2. The summed E-state index contributed by atoms with van der Waals surface area (Å²) in [5.74, 6) is -0.190. The lowest BCUT2D eigenvalue weighted by Crippen LogP contribution is -2.13. The van der Waals surface area contributed by atoms with E-state index in [9.17, 15) is 9.18 Å². The molecule has 0 saturated carbocycles. The maximum Gasteiger partial charge on any atom is 0.255 e. The summed E-state index contributed by atoms with van der Waals surface area (Å²) in [7, 11) is 0. The zero-order valence-electron chi connectivity index (χ0n) is 11.2. The van der Waals surface area contributed by atoms with Gasteiger partial charge in [-0.3, -0.25) is 4.79 Å². The molecule has 0 radical (unpaired) electrons. The van der Waals surface area contributed by atoms with Crippen molar-refractivity contribution < 1.29 is 9.18 Å². The second-order valence-corrected chi connectivity index (χ2v) is 4.29. The highest BCUT2D eigenvalue weighted by Crippen LogP contribution is 2.15. The van der Waals surface area contributed by atoms with Crippen LogP contribution in [0.25, 0.3) is 0 Å². The lowest BCUT2D eigenvalue weighted by molar-refractivity contribution is 0.102. The van der Waals surface area contributed by atoms with Crippen LogP contribution in [0.2, 0.25) is 0 Å². The molecule has 0 bridgehead atoms. The number of hydrogen-bond acceptors (Lipinski definition) is 3. The molecule has 0 atom stereocenters. The molecule has 1 aromatic carbocycles. The van der Waals surface area contributed by atoms with Crippen LogP contribution in [0.15, 0.2) is 42.6 Å². The molecule has 0 aliphatic rings. The smallest absolute Gasteiger partial charge is 0.255 e. The summed E-state index contributed by atoms with van der Waals surface area (Å²) in [6, 6.07) is 9.30. The molecular formula is C15H16FN3O. The number of nitrogens with zero attached hydrogens (tertiary/aromatic N) is 1. The van der Waals surface area contributed by atoms with Crippen molar-refractivity contribution in [3.05, 3.63) is 54.0 Å². The van der Waals surface area contributed by atoms with Gasteiger partial charge in [0.15, 0.2) is 0 Å². The van der Waals surface area contributed by atoms with E-state index in [-0.39, 0.29) is 11.6 Å². The molecule has 0 spiro atoms. The van der Waals surface area contributed by atoms with Gasteiger partial charge in [0.2, 0.25) is 0 Å². The largest absolute Gasteiger partial charge is 0.370 e. The fraction of sp³-hybridized carbons (Fsp3) is 0.200. The summed E-state index contributed by atoms with van der Waals surface area (Å²) < 4.78 is 13.5. The predicted octanol–water partition coefficient (Wildman–Crippen LogP) is 3.29. The van der Waals surface area contributed by atoms with Crippen molar-refractivity contribution in [2.24, 2.45) is 0 Å². The van der Waals surface area contributed by atoms with Crippen molar-refractivity contribution in [2.45, 2.75) is 13.3 Å². The minimum atomic E-state index is -0.459. The molecule has 5 heteroatoms. The van der Waals surface area contributed by atoms with E-state index in [1.807, 2.05) is 6.92 Å². The van der Waals surface area contributed by atoms with Crippen LogP contribution in [0.1, 0.15) is 23.7 Å². The number of aromatic nitrogens is 1. The van der Waals surface area contributed by atoms with Crippen LogP contribution in [0.4, 0.5) is 15.9 Å². The third-order valence-electron chi connectivity index (χ3n) is 2.70. The topological polar surface area (TPSA) is 54.0 Å². The van der Waals surface area contributed by atoms with Gasteiger partial charge in [-0.2, -0.15) is 0 Å². The number of nitrogens with one attached hydrogen (secondary N) is 2. The Kier molecular flexibility index (Phi) is 4.65. The Morgan fingerprint density at radius 3 is 2.85 bits per heavy atom. The first-order valence-corrected chi connectivity index (χ1v) is 6.46. The molecule has 1 aromatic heterocycles. The zero-order chi connectivity index (χ0) is 14.4. The summed E-state index contributed by atoms with van der Waals surface area (Å²) in [5, 5.41) is 5.64. The van der Waals surface area contributed by atoms with Gasteiger partial charge in [-0.05, 0) is 30.7 Å². The monoisotopic (exact) mass is 273 g/mol. The van der Waals surface area contributed by atoms with Crippen molar-refractivity contribution in [3.63, 3.8) is 0 Å². The van der Waals surface area contributed by atoms with E-state index >= 15 is 0 Å². The van der Waals surface area contributed by atoms with Gasteiger partial charge in [-0.25, -0.2) is 9.37 Å². The van der Waals surface area contributed by atoms with E-state index in [0.29, 0.717) is 11.4 Å². The maximum atomic E-state index is 13.5. The summed E-state index contributed by atoms with van der Waals surface area (Å²) in [6.07, 6.45) is 2.52. The van der Waals surface area contributed by atoms with Crippen LogP contribution in [-0.4, -0.2) is 17.4 Å². The average Bonchev–Trinajstić information content (AvgIpc) is 2.48. The average molecular weight is 273 g/mol. The SMILES string of the molecule is CCCNc1cc(C(=O)Nc2ccccc2F)ccn1. The van der Waals surface area contributed by atoms with E-state index < -0.39 is 5.82 Å². The van der Waals surface area contributed by atoms with Gasteiger partial charge in [-0.15, -0.1) is 0 Å². The molecule has 0 fully saturated rings. The molecule has 2 aromatic rings. The van der Waals surface area contributed by atoms with E-state index in [1.54, 1.807) is 30.5 Å². The second-order valence-electron chi connectivity index (χ2n) is 4.29. The Morgan fingerprint density at radius 1 is 1.30 bits per heavy atom. The quantitative estimate of drug-likeness (QED) is 0.879. The van der Waals surface area contributed by atoms with Crippen LogP contribution in [-0.2, 0) is 0 Å². The molecule has 0 unspecified atom stereocenters. The highest BCUT2D eigenvalue weighted by atomic mass is 19.1. The number of halogens is 1. The van der Waals surface area contributed by atoms with E-state index in [2.05, 4.69) is 15.6 Å². The fourth-order valence-electron chi connectivity index (χ4n) is 1.68. The van der Waals surface area contributed by atoms with Crippen molar-refractivity contribution in [1.82, 2.24) is 4.98 Å². The van der Waals surface area contributed by atoms with Crippen molar-refractivity contribution in [3.8, 4) is 0 Å². The van der Waals surface area contributed by atoms with Crippen LogP contribution in [0.5, 0.6) is 0 Å². The van der Waals surface area contributed by atoms with Gasteiger partial charge in [0.25, 0.3) is 5.91 Å². The number of para-hydroxylation sites is 1. The zero-order valence-corrected chi connectivity index (χ0v) is 11.2. The number of hydrogen-bond donors (Lipinski definition) is 2. The molecule has 0 aliphatic heterocycles.